The van der Waals surface area contributed by atoms with Gasteiger partial charge in [-0.2, -0.15) is 0 Å². The molecule has 1 aromatic carbocycles. The standard InChI is InChI=1S/C13H16N4O3S2/c1-3-11-15-16-13(21-11)14-12(18)9-7-5-6-8-10(9)17-22(19,20)4-2/h5-8,17H,3-4H2,1-2H3,(H,14,16,18). The van der Waals surface area contributed by atoms with Gasteiger partial charge in [-0.25, -0.2) is 8.42 Å². The summed E-state index contributed by atoms with van der Waals surface area (Å²) >= 11 is 1.29. The SMILES string of the molecule is CCc1nnc(NC(=O)c2ccccc2NS(=O)(=O)CC)s1. The van der Waals surface area contributed by atoms with Crippen LogP contribution in [0.3, 0.4) is 0 Å². The molecule has 0 spiro atoms. The summed E-state index contributed by atoms with van der Waals surface area (Å²) in [6.07, 6.45) is 0.737. The number of aryl methyl sites for hydroxylation is 1. The molecule has 0 bridgehead atoms. The molecule has 1 amide bonds. The number of hydrogen-bond acceptors (Lipinski definition) is 6. The minimum absolute atomic E-state index is 0.0702. The van der Waals surface area contributed by atoms with Crippen LogP contribution in [0.1, 0.15) is 29.2 Å². The van der Waals surface area contributed by atoms with E-state index in [0.717, 1.165) is 11.4 Å². The van der Waals surface area contributed by atoms with Crippen molar-refractivity contribution >= 4 is 38.1 Å². The number of carbonyl (C=O) groups is 1. The van der Waals surface area contributed by atoms with Crippen molar-refractivity contribution < 1.29 is 13.2 Å². The fraction of sp³-hybridized carbons (Fsp3) is 0.308. The van der Waals surface area contributed by atoms with E-state index in [9.17, 15) is 13.2 Å². The molecule has 0 saturated carbocycles. The van der Waals surface area contributed by atoms with Gasteiger partial charge in [-0.1, -0.05) is 30.4 Å². The van der Waals surface area contributed by atoms with Crippen LogP contribution in [0.15, 0.2) is 24.3 Å². The molecule has 7 nitrogen and oxygen atoms in total. The molecular weight excluding hydrogens is 324 g/mol. The maximum atomic E-state index is 12.3. The molecule has 0 unspecified atom stereocenters. The van der Waals surface area contributed by atoms with Crippen LogP contribution in [0.25, 0.3) is 0 Å². The molecule has 2 rings (SSSR count). The molecule has 2 aromatic rings. The summed E-state index contributed by atoms with van der Waals surface area (Å²) in [6, 6.07) is 6.41. The molecule has 22 heavy (non-hydrogen) atoms. The minimum Gasteiger partial charge on any atom is -0.296 e. The van der Waals surface area contributed by atoms with Gasteiger partial charge >= 0.3 is 0 Å². The topological polar surface area (TPSA) is 101 Å². The van der Waals surface area contributed by atoms with Crippen LogP contribution in [0.4, 0.5) is 10.8 Å². The van der Waals surface area contributed by atoms with E-state index in [4.69, 9.17) is 0 Å². The van der Waals surface area contributed by atoms with Crippen molar-refractivity contribution in [1.29, 1.82) is 0 Å². The summed E-state index contributed by atoms with van der Waals surface area (Å²) in [7, 11) is -3.46. The molecular formula is C13H16N4O3S2. The van der Waals surface area contributed by atoms with Gasteiger partial charge in [0.2, 0.25) is 15.2 Å². The number of hydrogen-bond donors (Lipinski definition) is 2. The Balaban J connectivity index is 2.22. The molecule has 0 saturated heterocycles. The van der Waals surface area contributed by atoms with E-state index in [-0.39, 0.29) is 17.0 Å². The number of aromatic nitrogens is 2. The van der Waals surface area contributed by atoms with Gasteiger partial charge in [-0.05, 0) is 25.5 Å². The second-order valence-electron chi connectivity index (χ2n) is 4.36. The van der Waals surface area contributed by atoms with Crippen molar-refractivity contribution in [3.05, 3.63) is 34.8 Å². The van der Waals surface area contributed by atoms with Gasteiger partial charge < -0.3 is 0 Å². The highest BCUT2D eigenvalue weighted by atomic mass is 32.2. The first-order chi connectivity index (χ1) is 10.4. The maximum absolute atomic E-state index is 12.3. The van der Waals surface area contributed by atoms with Gasteiger partial charge in [0.15, 0.2) is 0 Å². The average molecular weight is 340 g/mol. The van der Waals surface area contributed by atoms with Crippen molar-refractivity contribution in [3.8, 4) is 0 Å². The highest BCUT2D eigenvalue weighted by Crippen LogP contribution is 2.20. The smallest absolute Gasteiger partial charge is 0.259 e. The Bertz CT molecular complexity index is 771. The van der Waals surface area contributed by atoms with Crippen LogP contribution in [-0.4, -0.2) is 30.3 Å². The number of sulfonamides is 1. The van der Waals surface area contributed by atoms with Crippen LogP contribution in [0.5, 0.6) is 0 Å². The molecule has 9 heteroatoms. The fourth-order valence-corrected chi connectivity index (χ4v) is 2.95. The van der Waals surface area contributed by atoms with Gasteiger partial charge in [0.1, 0.15) is 5.01 Å². The predicted molar refractivity (Wildman–Crippen MR) is 86.8 cm³/mol. The molecule has 1 aromatic heterocycles. The first kappa shape index (κ1) is 16.4. The van der Waals surface area contributed by atoms with E-state index in [0.29, 0.717) is 5.13 Å². The average Bonchev–Trinajstić information content (AvgIpc) is 2.95. The Morgan fingerprint density at radius 2 is 1.95 bits per heavy atom. The van der Waals surface area contributed by atoms with E-state index in [1.165, 1.54) is 18.3 Å². The number of amides is 1. The summed E-state index contributed by atoms with van der Waals surface area (Å²) < 4.78 is 25.8. The predicted octanol–water partition coefficient (Wildman–Crippen LogP) is 2.11. The number of carbonyl (C=O) groups excluding carboxylic acids is 1. The van der Waals surface area contributed by atoms with E-state index in [2.05, 4.69) is 20.2 Å². The number of nitrogens with one attached hydrogen (secondary N) is 2. The summed E-state index contributed by atoms with van der Waals surface area (Å²) in [6.45, 7) is 3.47. The minimum atomic E-state index is -3.46. The van der Waals surface area contributed by atoms with Crippen LogP contribution in [0, 0.1) is 0 Å². The second kappa shape index (κ2) is 6.84. The van der Waals surface area contributed by atoms with Gasteiger partial charge in [-0.3, -0.25) is 14.8 Å². The largest absolute Gasteiger partial charge is 0.296 e. The normalized spacial score (nSPS) is 11.2. The molecule has 0 aliphatic heterocycles. The Hall–Kier alpha value is -2.00. The van der Waals surface area contributed by atoms with Crippen LogP contribution >= 0.6 is 11.3 Å². The van der Waals surface area contributed by atoms with Gasteiger partial charge in [0, 0.05) is 0 Å². The summed E-state index contributed by atoms with van der Waals surface area (Å²) in [5.41, 5.74) is 0.467. The van der Waals surface area contributed by atoms with Crippen molar-refractivity contribution in [2.75, 3.05) is 15.8 Å². The quantitative estimate of drug-likeness (QED) is 0.839. The second-order valence-corrected chi connectivity index (χ2v) is 7.43. The molecule has 1 heterocycles. The van der Waals surface area contributed by atoms with Crippen molar-refractivity contribution in [3.63, 3.8) is 0 Å². The lowest BCUT2D eigenvalue weighted by atomic mass is 10.2. The lowest BCUT2D eigenvalue weighted by molar-refractivity contribution is 0.102. The van der Waals surface area contributed by atoms with Crippen LogP contribution < -0.4 is 10.0 Å². The molecule has 0 radical (unpaired) electrons. The molecule has 0 fully saturated rings. The van der Waals surface area contributed by atoms with Gasteiger partial charge in [0.05, 0.1) is 17.0 Å². The zero-order valence-electron chi connectivity index (χ0n) is 12.2. The third kappa shape index (κ3) is 4.01. The first-order valence-corrected chi connectivity index (χ1v) is 9.15. The molecule has 0 atom stereocenters. The Kier molecular flexibility index (Phi) is 5.09. The Morgan fingerprint density at radius 1 is 1.23 bits per heavy atom. The van der Waals surface area contributed by atoms with E-state index >= 15 is 0 Å². The van der Waals surface area contributed by atoms with E-state index < -0.39 is 15.9 Å². The Morgan fingerprint density at radius 3 is 2.59 bits per heavy atom. The van der Waals surface area contributed by atoms with Crippen molar-refractivity contribution in [1.82, 2.24) is 10.2 Å². The third-order valence-electron chi connectivity index (χ3n) is 2.81. The third-order valence-corrected chi connectivity index (χ3v) is 5.08. The van der Waals surface area contributed by atoms with Crippen LogP contribution in [0.2, 0.25) is 0 Å². The molecule has 118 valence electrons. The molecule has 2 N–H and O–H groups in total. The molecule has 0 aliphatic rings. The highest BCUT2D eigenvalue weighted by molar-refractivity contribution is 7.92. The first-order valence-electron chi connectivity index (χ1n) is 6.68. The number of nitrogens with zero attached hydrogens (tertiary/aromatic N) is 2. The monoisotopic (exact) mass is 340 g/mol. The zero-order chi connectivity index (χ0) is 16.2. The maximum Gasteiger partial charge on any atom is 0.259 e. The highest BCUT2D eigenvalue weighted by Gasteiger charge is 2.16. The summed E-state index contributed by atoms with van der Waals surface area (Å²) in [5, 5.41) is 11.6. The lowest BCUT2D eigenvalue weighted by Crippen LogP contribution is -2.19. The van der Waals surface area contributed by atoms with Gasteiger partial charge in [0.25, 0.3) is 5.91 Å². The number of anilines is 2. The number of para-hydroxylation sites is 1. The lowest BCUT2D eigenvalue weighted by Gasteiger charge is -2.10. The summed E-state index contributed by atoms with van der Waals surface area (Å²) in [5.74, 6) is -0.507. The van der Waals surface area contributed by atoms with E-state index in [1.54, 1.807) is 24.3 Å². The number of benzene rings is 1. The summed E-state index contributed by atoms with van der Waals surface area (Å²) in [4.78, 5) is 12.3. The number of rotatable bonds is 6. The van der Waals surface area contributed by atoms with Crippen molar-refractivity contribution in [2.24, 2.45) is 0 Å². The Labute approximate surface area is 132 Å². The molecule has 0 aliphatic carbocycles. The fourth-order valence-electron chi connectivity index (χ4n) is 1.62. The zero-order valence-corrected chi connectivity index (χ0v) is 13.8. The van der Waals surface area contributed by atoms with Crippen molar-refractivity contribution in [2.45, 2.75) is 20.3 Å². The van der Waals surface area contributed by atoms with Crippen LogP contribution in [-0.2, 0) is 16.4 Å². The van der Waals surface area contributed by atoms with E-state index in [1.807, 2.05) is 6.92 Å². The van der Waals surface area contributed by atoms with Gasteiger partial charge in [-0.15, -0.1) is 10.2 Å².